The zero-order valence-corrected chi connectivity index (χ0v) is 19.0. The van der Waals surface area contributed by atoms with Crippen molar-refractivity contribution < 1.29 is 7.24 Å². The van der Waals surface area contributed by atoms with E-state index in [1.54, 1.807) is 16.8 Å². The molecule has 0 aliphatic carbocycles. The minimum atomic E-state index is -0.567. The quantitative estimate of drug-likeness (QED) is 0.417. The summed E-state index contributed by atoms with van der Waals surface area (Å²) in [5, 5.41) is 8.00. The van der Waals surface area contributed by atoms with Crippen LogP contribution < -0.4 is 5.32 Å². The lowest BCUT2D eigenvalue weighted by Crippen LogP contribution is -2.25. The van der Waals surface area contributed by atoms with Crippen molar-refractivity contribution in [3.63, 3.8) is 0 Å². The Morgan fingerprint density at radius 1 is 1.32 bits per heavy atom. The molecule has 1 aliphatic heterocycles. The third kappa shape index (κ3) is 3.49. The molecule has 0 bridgehead atoms. The molecule has 0 spiro atoms. The molecule has 1 aliphatic rings. The highest BCUT2D eigenvalue weighted by molar-refractivity contribution is 14.2. The molecule has 0 radical (unpaired) electrons. The molecule has 0 amide bonds. The van der Waals surface area contributed by atoms with Crippen molar-refractivity contribution >= 4 is 40.1 Å². The maximum Gasteiger partial charge on any atom is 0.182 e. The Labute approximate surface area is 175 Å². The lowest BCUT2D eigenvalue weighted by molar-refractivity contribution is 0.580. The first kappa shape index (κ1) is 19.5. The summed E-state index contributed by atoms with van der Waals surface area (Å²) in [6.07, 6.45) is 1.86. The van der Waals surface area contributed by atoms with Crippen LogP contribution in [0.1, 0.15) is 30.7 Å². The zero-order chi connectivity index (χ0) is 19.9. The zero-order valence-electron chi connectivity index (χ0n) is 15.7. The Balaban J connectivity index is 1.66. The van der Waals surface area contributed by atoms with Crippen LogP contribution >= 0.6 is 30.6 Å². The van der Waals surface area contributed by atoms with Gasteiger partial charge in [0.05, 0.1) is 31.3 Å². The standard InChI is InChI=1S/C19H20FIN5OP/c1-11-8-15(25-26(11)10-12-6-4-5-7-14(12)20)17-22-9-13-16(23-17)24-18(21-27-28)19(13,2)3/h4-9H,10,28H2,1-3H3,(H,22,23,24). The first-order valence-electron chi connectivity index (χ1n) is 8.71. The summed E-state index contributed by atoms with van der Waals surface area (Å²) < 4.78 is 22.2. The molecule has 6 nitrogen and oxygen atoms in total. The van der Waals surface area contributed by atoms with Crippen LogP contribution in [0.2, 0.25) is 0 Å². The summed E-state index contributed by atoms with van der Waals surface area (Å²) >= 11 is -0.567. The number of nitrogens with zero attached hydrogens (tertiary/aromatic N) is 4. The van der Waals surface area contributed by atoms with Crippen LogP contribution in [0.5, 0.6) is 0 Å². The molecule has 0 saturated carbocycles. The van der Waals surface area contributed by atoms with E-state index in [1.807, 2.05) is 25.3 Å². The normalized spacial score (nSPS) is 16.5. The van der Waals surface area contributed by atoms with Gasteiger partial charge in [0, 0.05) is 37.9 Å². The van der Waals surface area contributed by atoms with Gasteiger partial charge in [-0.25, -0.2) is 14.4 Å². The van der Waals surface area contributed by atoms with E-state index in [0.29, 0.717) is 23.6 Å². The van der Waals surface area contributed by atoms with Gasteiger partial charge in [0.1, 0.15) is 17.3 Å². The molecule has 2 aromatic heterocycles. The maximum atomic E-state index is 14.0. The van der Waals surface area contributed by atoms with Gasteiger partial charge < -0.3 is 8.17 Å². The van der Waals surface area contributed by atoms with Gasteiger partial charge >= 0.3 is 0 Å². The van der Waals surface area contributed by atoms with E-state index >= 15 is 0 Å². The summed E-state index contributed by atoms with van der Waals surface area (Å²) in [5.74, 6) is 1.11. The largest absolute Gasteiger partial charge is 0.336 e. The Morgan fingerprint density at radius 3 is 2.86 bits per heavy atom. The number of rotatable bonds is 4. The molecule has 1 N–H and O–H groups in total. The summed E-state index contributed by atoms with van der Waals surface area (Å²) in [6.45, 7) is 6.59. The third-order valence-corrected chi connectivity index (χ3v) is 7.76. The second-order valence-corrected chi connectivity index (χ2v) is 10.3. The van der Waals surface area contributed by atoms with Crippen molar-refractivity contribution in [2.75, 3.05) is 5.32 Å². The van der Waals surface area contributed by atoms with Gasteiger partial charge in [-0.15, -0.1) is 0 Å². The van der Waals surface area contributed by atoms with Crippen LogP contribution in [0.4, 0.5) is 10.2 Å². The van der Waals surface area contributed by atoms with Gasteiger partial charge in [-0.2, -0.15) is 5.10 Å². The molecule has 3 aromatic rings. The van der Waals surface area contributed by atoms with Gasteiger partial charge in [-0.05, 0) is 32.9 Å². The van der Waals surface area contributed by atoms with Crippen molar-refractivity contribution in [3.05, 3.63) is 59.2 Å². The molecule has 4 rings (SSSR count). The number of halogens is 2. The minimum absolute atomic E-state index is 0.169. The van der Waals surface area contributed by atoms with Crippen LogP contribution in [0.15, 0.2) is 36.5 Å². The van der Waals surface area contributed by atoms with E-state index in [1.165, 1.54) is 6.07 Å². The van der Waals surface area contributed by atoms with E-state index in [2.05, 4.69) is 38.7 Å². The third-order valence-electron chi connectivity index (χ3n) is 4.85. The van der Waals surface area contributed by atoms with Crippen LogP contribution in [-0.4, -0.2) is 23.4 Å². The van der Waals surface area contributed by atoms with E-state index in [9.17, 15) is 4.39 Å². The van der Waals surface area contributed by atoms with Gasteiger partial charge in [-0.3, -0.25) is 4.68 Å². The van der Waals surface area contributed by atoms with Crippen LogP contribution in [0, 0.1) is 12.7 Å². The van der Waals surface area contributed by atoms with Gasteiger partial charge in [0.25, 0.3) is 0 Å². The number of aryl methyl sites for hydroxylation is 1. The fourth-order valence-corrected chi connectivity index (χ4v) is 5.22. The Bertz CT molecular complexity index is 1080. The molecule has 28 heavy (non-hydrogen) atoms. The van der Waals surface area contributed by atoms with Crippen molar-refractivity contribution in [2.45, 2.75) is 32.7 Å². The number of hydrogen-bond donors (Lipinski definition) is 1. The molecule has 146 valence electrons. The number of hydrogen-bond acceptors (Lipinski definition) is 5. The van der Waals surface area contributed by atoms with Crippen molar-refractivity contribution in [3.8, 4) is 11.5 Å². The van der Waals surface area contributed by atoms with Gasteiger partial charge in [0.2, 0.25) is 0 Å². The molecular formula is C19H20FIN5OP. The average Bonchev–Trinajstić information content (AvgIpc) is 3.15. The SMILES string of the molecule is Cc1cc(-c2ncc3c(n2)NC(=IOP)C3(C)C)nn1Cc1ccccc1F. The van der Waals surface area contributed by atoms with Gasteiger partial charge in [-0.1, -0.05) is 18.2 Å². The number of nitrogens with one attached hydrogen (secondary N) is 1. The first-order valence-corrected chi connectivity index (χ1v) is 11.1. The van der Waals surface area contributed by atoms with E-state index < -0.39 is 21.1 Å². The van der Waals surface area contributed by atoms with Crippen LogP contribution in [-0.2, 0) is 14.8 Å². The highest BCUT2D eigenvalue weighted by Gasteiger charge is 2.37. The van der Waals surface area contributed by atoms with Crippen molar-refractivity contribution in [1.29, 1.82) is 0 Å². The Hall–Kier alpha value is -1.77. The molecule has 9 heteroatoms. The Kier molecular flexibility index (Phi) is 5.28. The molecular weight excluding hydrogens is 491 g/mol. The number of aromatic nitrogens is 4. The van der Waals surface area contributed by atoms with E-state index in [-0.39, 0.29) is 11.2 Å². The summed E-state index contributed by atoms with van der Waals surface area (Å²) in [5.41, 5.74) is 3.07. The summed E-state index contributed by atoms with van der Waals surface area (Å²) in [6, 6.07) is 8.66. The number of benzene rings is 1. The first-order chi connectivity index (χ1) is 13.4. The monoisotopic (exact) mass is 511 g/mol. The second-order valence-electron chi connectivity index (χ2n) is 7.11. The Morgan fingerprint density at radius 2 is 2.11 bits per heavy atom. The van der Waals surface area contributed by atoms with E-state index in [0.717, 1.165) is 20.7 Å². The average molecular weight is 511 g/mol. The smallest absolute Gasteiger partial charge is 0.182 e. The van der Waals surface area contributed by atoms with Crippen molar-refractivity contribution in [2.24, 2.45) is 0 Å². The predicted molar refractivity (Wildman–Crippen MR) is 120 cm³/mol. The minimum Gasteiger partial charge on any atom is -0.336 e. The van der Waals surface area contributed by atoms with Crippen LogP contribution in [0.3, 0.4) is 0 Å². The lowest BCUT2D eigenvalue weighted by Gasteiger charge is -2.18. The van der Waals surface area contributed by atoms with Crippen molar-refractivity contribution in [1.82, 2.24) is 19.7 Å². The highest BCUT2D eigenvalue weighted by Crippen LogP contribution is 2.39. The van der Waals surface area contributed by atoms with Gasteiger partial charge in [0.15, 0.2) is 5.82 Å². The molecule has 0 fully saturated rings. The molecule has 0 saturated heterocycles. The molecule has 3 heterocycles. The molecule has 1 atom stereocenters. The summed E-state index contributed by atoms with van der Waals surface area (Å²) in [7, 11) is 2.32. The fourth-order valence-electron chi connectivity index (χ4n) is 3.16. The van der Waals surface area contributed by atoms with Crippen LogP contribution in [0.25, 0.3) is 11.5 Å². The lowest BCUT2D eigenvalue weighted by atomic mass is 9.89. The topological polar surface area (TPSA) is 64.9 Å². The second kappa shape index (κ2) is 7.57. The van der Waals surface area contributed by atoms with E-state index in [4.69, 9.17) is 7.84 Å². The predicted octanol–water partition coefficient (Wildman–Crippen LogP) is 4.36. The number of fused-ring (bicyclic) bond motifs is 1. The molecule has 1 aromatic carbocycles. The highest BCUT2D eigenvalue weighted by atomic mass is 127. The maximum absolute atomic E-state index is 14.0. The number of anilines is 1. The molecule has 1 unspecified atom stereocenters. The summed E-state index contributed by atoms with van der Waals surface area (Å²) in [4.78, 5) is 9.23. The fraction of sp³-hybridized carbons (Fsp3) is 0.263.